The predicted octanol–water partition coefficient (Wildman–Crippen LogP) is 3.48. The molecule has 1 heteroatoms. The molecule has 0 fully saturated rings. The van der Waals surface area contributed by atoms with Crippen LogP contribution in [0.1, 0.15) is 45.7 Å². The molecule has 1 unspecified atom stereocenters. The van der Waals surface area contributed by atoms with Crippen molar-refractivity contribution in [1.29, 1.82) is 0 Å². The van der Waals surface area contributed by atoms with Crippen LogP contribution in [0.4, 0.5) is 0 Å². The van der Waals surface area contributed by atoms with Crippen molar-refractivity contribution in [2.75, 3.05) is 0 Å². The molecule has 0 saturated heterocycles. The van der Waals surface area contributed by atoms with Crippen molar-refractivity contribution < 1.29 is 0 Å². The first-order chi connectivity index (χ1) is 9.08. The topological polar surface area (TPSA) is 0 Å². The second-order valence-corrected chi connectivity index (χ2v) is 7.60. The van der Waals surface area contributed by atoms with Crippen LogP contribution in [0.2, 0.25) is 0 Å². The molecular weight excluding hydrogens is 244 g/mol. The van der Waals surface area contributed by atoms with Crippen LogP contribution < -0.4 is 5.19 Å². The van der Waals surface area contributed by atoms with E-state index >= 15 is 0 Å². The maximum absolute atomic E-state index is 2.44. The Labute approximate surface area is 120 Å². The molecule has 0 spiro atoms. The van der Waals surface area contributed by atoms with Gasteiger partial charge in [0.15, 0.2) is 0 Å². The minimum atomic E-state index is -0.305. The van der Waals surface area contributed by atoms with Crippen LogP contribution in [0.3, 0.4) is 0 Å². The van der Waals surface area contributed by atoms with Gasteiger partial charge in [0.05, 0.1) is 9.52 Å². The van der Waals surface area contributed by atoms with Crippen LogP contribution in [0.25, 0.3) is 0 Å². The smallest absolute Gasteiger partial charge is 0.0748 e. The summed E-state index contributed by atoms with van der Waals surface area (Å²) in [7, 11) is -0.305. The Morgan fingerprint density at radius 1 is 1.11 bits per heavy atom. The normalized spacial score (nSPS) is 19.6. The molecular formula is C18H26Si. The summed E-state index contributed by atoms with van der Waals surface area (Å²) in [4.78, 5) is 0. The number of rotatable bonds is 4. The fourth-order valence-corrected chi connectivity index (χ4v) is 5.67. The second-order valence-electron chi connectivity index (χ2n) is 5.73. The van der Waals surface area contributed by atoms with Crippen LogP contribution in [0.5, 0.6) is 0 Å². The van der Waals surface area contributed by atoms with Crippen molar-refractivity contribution in [1.82, 2.24) is 0 Å². The van der Waals surface area contributed by atoms with Crippen LogP contribution >= 0.6 is 0 Å². The van der Waals surface area contributed by atoms with Gasteiger partial charge in [0, 0.05) is 0 Å². The van der Waals surface area contributed by atoms with Crippen molar-refractivity contribution in [3.63, 3.8) is 0 Å². The Bertz CT molecular complexity index is 535. The molecule has 19 heavy (non-hydrogen) atoms. The third-order valence-electron chi connectivity index (χ3n) is 4.61. The van der Waals surface area contributed by atoms with E-state index in [0.717, 1.165) is 6.42 Å². The van der Waals surface area contributed by atoms with Gasteiger partial charge in [-0.3, -0.25) is 0 Å². The predicted molar refractivity (Wildman–Crippen MR) is 89.0 cm³/mol. The van der Waals surface area contributed by atoms with Crippen molar-refractivity contribution in [3.05, 3.63) is 51.7 Å². The van der Waals surface area contributed by atoms with Crippen LogP contribution in [0, 0.1) is 5.92 Å². The van der Waals surface area contributed by atoms with E-state index in [1.54, 1.807) is 27.1 Å². The quantitative estimate of drug-likeness (QED) is 0.735. The van der Waals surface area contributed by atoms with E-state index in [4.69, 9.17) is 0 Å². The van der Waals surface area contributed by atoms with Crippen LogP contribution in [-0.2, 0) is 12.8 Å². The summed E-state index contributed by atoms with van der Waals surface area (Å²) in [5.74, 6) is 0.668. The molecule has 0 amide bonds. The Morgan fingerprint density at radius 3 is 2.37 bits per heavy atom. The Hall–Kier alpha value is -1.08. The lowest BCUT2D eigenvalue weighted by molar-refractivity contribution is 0.928. The molecule has 0 bridgehead atoms. The Kier molecular flexibility index (Phi) is 4.46. The third kappa shape index (κ3) is 2.76. The molecule has 0 nitrogen and oxygen atoms in total. The van der Waals surface area contributed by atoms with Gasteiger partial charge in [-0.2, -0.15) is 0 Å². The number of hydrogen-bond donors (Lipinski definition) is 0. The van der Waals surface area contributed by atoms with Gasteiger partial charge in [-0.05, 0) is 43.7 Å². The number of benzene rings is 1. The monoisotopic (exact) mass is 270 g/mol. The van der Waals surface area contributed by atoms with Gasteiger partial charge in [-0.15, -0.1) is 0 Å². The average Bonchev–Trinajstić information content (AvgIpc) is 2.65. The van der Waals surface area contributed by atoms with Crippen LogP contribution in [0.15, 0.2) is 40.6 Å². The lowest BCUT2D eigenvalue weighted by atomic mass is 10.0. The van der Waals surface area contributed by atoms with E-state index in [1.165, 1.54) is 12.0 Å². The molecule has 2 rings (SSSR count). The van der Waals surface area contributed by atoms with Crippen molar-refractivity contribution >= 4 is 14.7 Å². The number of hydrogen-bond acceptors (Lipinski definition) is 0. The zero-order valence-corrected chi connectivity index (χ0v) is 14.4. The Balaban J connectivity index is 2.35. The highest BCUT2D eigenvalue weighted by Gasteiger charge is 2.19. The molecule has 1 atom stereocenters. The molecule has 0 saturated carbocycles. The van der Waals surface area contributed by atoms with E-state index < -0.39 is 0 Å². The van der Waals surface area contributed by atoms with E-state index in [9.17, 15) is 0 Å². The summed E-state index contributed by atoms with van der Waals surface area (Å²) in [6.07, 6.45) is 4.78. The van der Waals surface area contributed by atoms with Crippen molar-refractivity contribution in [2.24, 2.45) is 5.92 Å². The van der Waals surface area contributed by atoms with E-state index in [2.05, 4.69) is 58.9 Å². The zero-order valence-electron chi connectivity index (χ0n) is 13.0. The molecule has 1 aromatic carbocycles. The molecule has 0 N–H and O–H groups in total. The molecule has 0 heterocycles. The van der Waals surface area contributed by atoms with Gasteiger partial charge in [0.1, 0.15) is 0 Å². The van der Waals surface area contributed by atoms with Gasteiger partial charge in [-0.25, -0.2) is 0 Å². The molecule has 1 aromatic rings. The maximum atomic E-state index is 2.44. The van der Waals surface area contributed by atoms with Gasteiger partial charge in [-0.1, -0.05) is 66.6 Å². The van der Waals surface area contributed by atoms with Gasteiger partial charge in [0.25, 0.3) is 0 Å². The van der Waals surface area contributed by atoms with Gasteiger partial charge >= 0.3 is 0 Å². The SMILES string of the molecule is CCc1cccc([SiH2]C2=C(C)C(C)=CC2C)c1CC. The lowest BCUT2D eigenvalue weighted by Crippen LogP contribution is -2.24. The fraction of sp³-hybridized carbons (Fsp3) is 0.444. The first kappa shape index (κ1) is 14.3. The standard InChI is InChI=1S/C18H26Si/c1-6-15-9-8-10-17(16(15)7-2)19-18-13(4)11-12(3)14(18)5/h8-11,13H,6-7,19H2,1-5H3. The summed E-state index contributed by atoms with van der Waals surface area (Å²) in [6, 6.07) is 6.94. The highest BCUT2D eigenvalue weighted by atomic mass is 28.2. The summed E-state index contributed by atoms with van der Waals surface area (Å²) < 4.78 is 0. The lowest BCUT2D eigenvalue weighted by Gasteiger charge is -2.16. The highest BCUT2D eigenvalue weighted by molar-refractivity contribution is 6.62. The van der Waals surface area contributed by atoms with Gasteiger partial charge < -0.3 is 0 Å². The second kappa shape index (κ2) is 5.92. The summed E-state index contributed by atoms with van der Waals surface area (Å²) in [5, 5.41) is 3.42. The summed E-state index contributed by atoms with van der Waals surface area (Å²) in [5.41, 5.74) is 6.26. The number of aryl methyl sites for hydroxylation is 1. The minimum absolute atomic E-state index is 0.305. The number of allylic oxidation sites excluding steroid dienone is 4. The summed E-state index contributed by atoms with van der Waals surface area (Å²) in [6.45, 7) is 11.5. The molecule has 0 radical (unpaired) electrons. The van der Waals surface area contributed by atoms with Crippen molar-refractivity contribution in [2.45, 2.75) is 47.5 Å². The first-order valence-electron chi connectivity index (χ1n) is 7.56. The highest BCUT2D eigenvalue weighted by Crippen LogP contribution is 2.29. The molecule has 102 valence electrons. The maximum Gasteiger partial charge on any atom is 0.0839 e. The molecule has 1 aliphatic rings. The third-order valence-corrected chi connectivity index (χ3v) is 7.21. The first-order valence-corrected chi connectivity index (χ1v) is 8.97. The summed E-state index contributed by atoms with van der Waals surface area (Å²) >= 11 is 0. The van der Waals surface area contributed by atoms with Gasteiger partial charge in [0.2, 0.25) is 0 Å². The molecule has 0 aliphatic heterocycles. The molecule has 1 aliphatic carbocycles. The van der Waals surface area contributed by atoms with Crippen LogP contribution in [-0.4, -0.2) is 9.52 Å². The fourth-order valence-electron chi connectivity index (χ4n) is 3.33. The largest absolute Gasteiger partial charge is 0.0839 e. The van der Waals surface area contributed by atoms with Crippen molar-refractivity contribution in [3.8, 4) is 0 Å². The minimum Gasteiger partial charge on any atom is -0.0748 e. The Morgan fingerprint density at radius 2 is 1.84 bits per heavy atom. The van der Waals surface area contributed by atoms with E-state index in [0.29, 0.717) is 5.92 Å². The average molecular weight is 270 g/mol. The molecule has 0 aromatic heterocycles. The van der Waals surface area contributed by atoms with E-state index in [1.807, 2.05) is 0 Å². The van der Waals surface area contributed by atoms with E-state index in [-0.39, 0.29) is 9.52 Å². The zero-order chi connectivity index (χ0) is 14.0.